The molecule has 0 amide bonds. The van der Waals surface area contributed by atoms with E-state index in [0.29, 0.717) is 6.54 Å². The van der Waals surface area contributed by atoms with Crippen LogP contribution in [-0.2, 0) is 6.54 Å². The second kappa shape index (κ2) is 7.45. The SMILES string of the molecule is Cc1ccc(NCc2ccc(-c3nc(-c4ccccc4)cs3)cc2)nn1. The van der Waals surface area contributed by atoms with Crippen molar-refractivity contribution in [3.05, 3.63) is 83.4 Å². The minimum Gasteiger partial charge on any atom is -0.365 e. The van der Waals surface area contributed by atoms with Crippen molar-refractivity contribution in [1.82, 2.24) is 15.2 Å². The molecule has 0 atom stereocenters. The first-order chi connectivity index (χ1) is 12.8. The Bertz CT molecular complexity index is 977. The number of hydrogen-bond donors (Lipinski definition) is 1. The van der Waals surface area contributed by atoms with Crippen LogP contribution in [0.3, 0.4) is 0 Å². The molecule has 0 saturated heterocycles. The lowest BCUT2D eigenvalue weighted by Gasteiger charge is -2.06. The number of thiazole rings is 1. The van der Waals surface area contributed by atoms with E-state index in [4.69, 9.17) is 4.98 Å². The van der Waals surface area contributed by atoms with Crippen LogP contribution in [0.15, 0.2) is 72.1 Å². The Balaban J connectivity index is 1.44. The summed E-state index contributed by atoms with van der Waals surface area (Å²) < 4.78 is 0. The molecule has 0 unspecified atom stereocenters. The van der Waals surface area contributed by atoms with E-state index in [1.165, 1.54) is 5.56 Å². The van der Waals surface area contributed by atoms with Crippen molar-refractivity contribution >= 4 is 17.2 Å². The average Bonchev–Trinajstić information content (AvgIpc) is 3.19. The zero-order chi connectivity index (χ0) is 17.8. The molecule has 26 heavy (non-hydrogen) atoms. The molecule has 0 fully saturated rings. The van der Waals surface area contributed by atoms with Crippen molar-refractivity contribution in [2.45, 2.75) is 13.5 Å². The molecule has 2 aromatic heterocycles. The van der Waals surface area contributed by atoms with Crippen LogP contribution < -0.4 is 5.32 Å². The molecule has 2 aromatic carbocycles. The molecule has 2 heterocycles. The summed E-state index contributed by atoms with van der Waals surface area (Å²) in [6, 6.07) is 22.6. The average molecular weight is 358 g/mol. The largest absolute Gasteiger partial charge is 0.365 e. The number of aromatic nitrogens is 3. The quantitative estimate of drug-likeness (QED) is 0.533. The van der Waals surface area contributed by atoms with Gasteiger partial charge in [0.05, 0.1) is 11.4 Å². The molecule has 4 aromatic rings. The highest BCUT2D eigenvalue weighted by atomic mass is 32.1. The molecule has 0 aliphatic heterocycles. The maximum absolute atomic E-state index is 4.77. The molecule has 4 nitrogen and oxygen atoms in total. The fraction of sp³-hybridized carbons (Fsp3) is 0.0952. The second-order valence-corrected chi connectivity index (χ2v) is 6.87. The Kier molecular flexibility index (Phi) is 4.71. The molecule has 128 valence electrons. The van der Waals surface area contributed by atoms with Crippen LogP contribution in [0.1, 0.15) is 11.3 Å². The van der Waals surface area contributed by atoms with Gasteiger partial charge in [-0.05, 0) is 24.6 Å². The molecule has 0 spiro atoms. The topological polar surface area (TPSA) is 50.7 Å². The molecule has 0 bridgehead atoms. The van der Waals surface area contributed by atoms with Gasteiger partial charge in [-0.15, -0.1) is 16.4 Å². The molecule has 0 radical (unpaired) electrons. The van der Waals surface area contributed by atoms with Crippen LogP contribution in [0.2, 0.25) is 0 Å². The lowest BCUT2D eigenvalue weighted by atomic mass is 10.1. The van der Waals surface area contributed by atoms with Gasteiger partial charge in [-0.25, -0.2) is 4.98 Å². The minimum atomic E-state index is 0.713. The maximum atomic E-state index is 4.77. The summed E-state index contributed by atoms with van der Waals surface area (Å²) >= 11 is 1.67. The lowest BCUT2D eigenvalue weighted by Crippen LogP contribution is -2.02. The summed E-state index contributed by atoms with van der Waals surface area (Å²) in [6.07, 6.45) is 0. The van der Waals surface area contributed by atoms with Crippen molar-refractivity contribution in [2.24, 2.45) is 0 Å². The Hall–Kier alpha value is -3.05. The number of nitrogens with zero attached hydrogens (tertiary/aromatic N) is 3. The van der Waals surface area contributed by atoms with Gasteiger partial charge in [-0.2, -0.15) is 5.10 Å². The zero-order valence-electron chi connectivity index (χ0n) is 14.4. The number of anilines is 1. The lowest BCUT2D eigenvalue weighted by molar-refractivity contribution is 0.963. The van der Waals surface area contributed by atoms with Gasteiger partial charge in [0.1, 0.15) is 10.8 Å². The molecule has 4 rings (SSSR count). The third-order valence-electron chi connectivity index (χ3n) is 4.05. The number of rotatable bonds is 5. The zero-order valence-corrected chi connectivity index (χ0v) is 15.2. The second-order valence-electron chi connectivity index (χ2n) is 6.01. The van der Waals surface area contributed by atoms with Gasteiger partial charge < -0.3 is 5.32 Å². The normalized spacial score (nSPS) is 10.7. The van der Waals surface area contributed by atoms with E-state index in [-0.39, 0.29) is 0 Å². The molecular weight excluding hydrogens is 340 g/mol. The Labute approximate surface area is 156 Å². The smallest absolute Gasteiger partial charge is 0.148 e. The molecule has 0 aliphatic rings. The third-order valence-corrected chi connectivity index (χ3v) is 4.94. The van der Waals surface area contributed by atoms with Crippen molar-refractivity contribution < 1.29 is 0 Å². The molecule has 5 heteroatoms. The van der Waals surface area contributed by atoms with Crippen LogP contribution in [0, 0.1) is 6.92 Å². The first-order valence-electron chi connectivity index (χ1n) is 8.42. The minimum absolute atomic E-state index is 0.713. The highest BCUT2D eigenvalue weighted by molar-refractivity contribution is 7.13. The van der Waals surface area contributed by atoms with Crippen LogP contribution in [0.5, 0.6) is 0 Å². The highest BCUT2D eigenvalue weighted by Gasteiger charge is 2.06. The standard InChI is InChI=1S/C21H18N4S/c1-15-7-12-20(25-24-15)22-13-16-8-10-18(11-9-16)21-23-19(14-26-21)17-5-3-2-4-6-17/h2-12,14H,13H2,1H3,(H,22,25). The number of nitrogens with one attached hydrogen (secondary N) is 1. The van der Waals surface area contributed by atoms with Crippen molar-refractivity contribution in [2.75, 3.05) is 5.32 Å². The number of benzene rings is 2. The van der Waals surface area contributed by atoms with Gasteiger partial charge in [0.25, 0.3) is 0 Å². The summed E-state index contributed by atoms with van der Waals surface area (Å²) in [5.41, 5.74) is 5.41. The van der Waals surface area contributed by atoms with Crippen LogP contribution in [0.4, 0.5) is 5.82 Å². The highest BCUT2D eigenvalue weighted by Crippen LogP contribution is 2.28. The van der Waals surface area contributed by atoms with E-state index in [1.807, 2.05) is 37.3 Å². The molecule has 1 N–H and O–H groups in total. The number of aryl methyl sites for hydroxylation is 1. The van der Waals surface area contributed by atoms with Crippen molar-refractivity contribution in [3.8, 4) is 21.8 Å². The number of hydrogen-bond acceptors (Lipinski definition) is 5. The summed E-state index contributed by atoms with van der Waals surface area (Å²) in [6.45, 7) is 2.64. The molecular formula is C21H18N4S. The monoisotopic (exact) mass is 358 g/mol. The van der Waals surface area contributed by atoms with Gasteiger partial charge in [0.2, 0.25) is 0 Å². The Morgan fingerprint density at radius 2 is 1.65 bits per heavy atom. The predicted octanol–water partition coefficient (Wildman–Crippen LogP) is 5.19. The first-order valence-corrected chi connectivity index (χ1v) is 9.30. The van der Waals surface area contributed by atoms with E-state index in [9.17, 15) is 0 Å². The summed E-state index contributed by atoms with van der Waals surface area (Å²) in [5, 5.41) is 14.6. The van der Waals surface area contributed by atoms with Gasteiger partial charge in [-0.3, -0.25) is 0 Å². The molecule has 0 saturated carbocycles. The fourth-order valence-electron chi connectivity index (χ4n) is 2.60. The van der Waals surface area contributed by atoms with Crippen LogP contribution >= 0.6 is 11.3 Å². The molecule has 0 aliphatic carbocycles. The predicted molar refractivity (Wildman–Crippen MR) is 107 cm³/mol. The fourth-order valence-corrected chi connectivity index (χ4v) is 3.43. The van der Waals surface area contributed by atoms with Gasteiger partial charge in [0.15, 0.2) is 0 Å². The Morgan fingerprint density at radius 3 is 2.38 bits per heavy atom. The van der Waals surface area contributed by atoms with E-state index in [1.54, 1.807) is 11.3 Å². The van der Waals surface area contributed by atoms with Gasteiger partial charge in [-0.1, -0.05) is 54.6 Å². The summed E-state index contributed by atoms with van der Waals surface area (Å²) in [4.78, 5) is 4.77. The van der Waals surface area contributed by atoms with Gasteiger partial charge in [0, 0.05) is 23.1 Å². The van der Waals surface area contributed by atoms with Crippen molar-refractivity contribution in [1.29, 1.82) is 0 Å². The maximum Gasteiger partial charge on any atom is 0.148 e. The Morgan fingerprint density at radius 1 is 0.846 bits per heavy atom. The van der Waals surface area contributed by atoms with Gasteiger partial charge >= 0.3 is 0 Å². The summed E-state index contributed by atoms with van der Waals surface area (Å²) in [7, 11) is 0. The third kappa shape index (κ3) is 3.78. The van der Waals surface area contributed by atoms with E-state index in [2.05, 4.69) is 57.3 Å². The first kappa shape index (κ1) is 16.4. The van der Waals surface area contributed by atoms with E-state index < -0.39 is 0 Å². The summed E-state index contributed by atoms with van der Waals surface area (Å²) in [5.74, 6) is 0.784. The van der Waals surface area contributed by atoms with Crippen LogP contribution in [-0.4, -0.2) is 15.2 Å². The van der Waals surface area contributed by atoms with Crippen molar-refractivity contribution in [3.63, 3.8) is 0 Å². The van der Waals surface area contributed by atoms with Crippen LogP contribution in [0.25, 0.3) is 21.8 Å². The van der Waals surface area contributed by atoms with E-state index >= 15 is 0 Å². The van der Waals surface area contributed by atoms with E-state index in [0.717, 1.165) is 33.3 Å².